The highest BCUT2D eigenvalue weighted by Crippen LogP contribution is 2.30. The number of piperidine rings is 1. The first-order valence-corrected chi connectivity index (χ1v) is 14.6. The molecule has 40 heavy (non-hydrogen) atoms. The summed E-state index contributed by atoms with van der Waals surface area (Å²) in [6.45, 7) is 0.786. The van der Waals surface area contributed by atoms with E-state index in [4.69, 9.17) is 5.14 Å². The van der Waals surface area contributed by atoms with Crippen LogP contribution in [0.1, 0.15) is 52.2 Å². The number of carboxylic acid groups (broad SMARTS) is 1. The van der Waals surface area contributed by atoms with Crippen molar-refractivity contribution in [3.8, 4) is 5.69 Å². The van der Waals surface area contributed by atoms with Crippen LogP contribution in [0.5, 0.6) is 0 Å². The van der Waals surface area contributed by atoms with Gasteiger partial charge in [0.05, 0.1) is 5.39 Å². The monoisotopic (exact) mass is 560 g/mol. The van der Waals surface area contributed by atoms with Gasteiger partial charge in [-0.1, -0.05) is 18.2 Å². The zero-order valence-corrected chi connectivity index (χ0v) is 22.4. The van der Waals surface area contributed by atoms with Crippen molar-refractivity contribution >= 4 is 38.8 Å². The minimum absolute atomic E-state index is 0.118. The molecule has 11 nitrogen and oxygen atoms in total. The van der Waals surface area contributed by atoms with Crippen molar-refractivity contribution in [3.05, 3.63) is 87.3 Å². The van der Waals surface area contributed by atoms with Crippen LogP contribution < -0.4 is 15.9 Å². The van der Waals surface area contributed by atoms with Gasteiger partial charge >= 0.3 is 5.97 Å². The van der Waals surface area contributed by atoms with Crippen molar-refractivity contribution in [1.29, 1.82) is 0 Å². The average molecular weight is 561 g/mol. The van der Waals surface area contributed by atoms with Crippen molar-refractivity contribution in [3.63, 3.8) is 0 Å². The standard InChI is InChI=1S/C28H28N6O5S/c29-40(38,39)33-12-10-19(11-13-33)18-4-7-21(8-5-18)31-28-30-15-23-25(35)24(27(36)37)16-34(26(23)32-28)22-9-6-17-2-1-3-20(17)14-22/h4-9,14-16,19H,1-3,10-13H2,(H,36,37)(H2,29,38,39)(H,30,31,32). The number of aryl methyl sites for hydroxylation is 2. The summed E-state index contributed by atoms with van der Waals surface area (Å²) in [5.41, 5.74) is 4.39. The third-order valence-corrected chi connectivity index (χ3v) is 8.87. The van der Waals surface area contributed by atoms with Gasteiger partial charge in [-0.25, -0.2) is 14.9 Å². The molecule has 2 aromatic carbocycles. The minimum atomic E-state index is -3.66. The molecule has 0 bridgehead atoms. The summed E-state index contributed by atoms with van der Waals surface area (Å²) in [4.78, 5) is 33.7. The van der Waals surface area contributed by atoms with Gasteiger partial charge in [-0.15, -0.1) is 0 Å². The number of pyridine rings is 1. The minimum Gasteiger partial charge on any atom is -0.477 e. The van der Waals surface area contributed by atoms with E-state index in [1.54, 1.807) is 4.57 Å². The Bertz CT molecular complexity index is 1790. The molecule has 6 rings (SSSR count). The molecule has 1 aliphatic carbocycles. The lowest BCUT2D eigenvalue weighted by atomic mass is 9.90. The molecule has 0 saturated carbocycles. The average Bonchev–Trinajstić information content (AvgIpc) is 3.41. The summed E-state index contributed by atoms with van der Waals surface area (Å²) >= 11 is 0. The van der Waals surface area contributed by atoms with Crippen LogP contribution in [-0.4, -0.2) is 51.4 Å². The van der Waals surface area contributed by atoms with Crippen molar-refractivity contribution in [2.24, 2.45) is 5.14 Å². The predicted molar refractivity (Wildman–Crippen MR) is 150 cm³/mol. The maximum Gasteiger partial charge on any atom is 0.341 e. The number of nitrogens with two attached hydrogens (primary N) is 1. The third-order valence-electron chi connectivity index (χ3n) is 7.79. The summed E-state index contributed by atoms with van der Waals surface area (Å²) in [6, 6.07) is 13.8. The highest BCUT2D eigenvalue weighted by atomic mass is 32.2. The lowest BCUT2D eigenvalue weighted by Crippen LogP contribution is -2.41. The van der Waals surface area contributed by atoms with E-state index in [2.05, 4.69) is 15.3 Å². The van der Waals surface area contributed by atoms with E-state index in [1.807, 2.05) is 42.5 Å². The first kappa shape index (κ1) is 26.1. The molecule has 0 atom stereocenters. The number of hydrogen-bond donors (Lipinski definition) is 3. The third kappa shape index (κ3) is 4.96. The van der Waals surface area contributed by atoms with Gasteiger partial charge in [0.1, 0.15) is 5.56 Å². The number of nitrogens with one attached hydrogen (secondary N) is 1. The molecule has 4 N–H and O–H groups in total. The number of aromatic carboxylic acids is 1. The van der Waals surface area contributed by atoms with E-state index < -0.39 is 21.6 Å². The molecule has 1 aliphatic heterocycles. The number of carbonyl (C=O) groups is 1. The van der Waals surface area contributed by atoms with Gasteiger partial charge < -0.3 is 15.0 Å². The van der Waals surface area contributed by atoms with E-state index in [9.17, 15) is 23.1 Å². The van der Waals surface area contributed by atoms with E-state index in [1.165, 1.54) is 27.8 Å². The maximum absolute atomic E-state index is 12.9. The second kappa shape index (κ2) is 10.1. The Hall–Kier alpha value is -4.13. The van der Waals surface area contributed by atoms with E-state index in [0.29, 0.717) is 31.6 Å². The maximum atomic E-state index is 12.9. The molecule has 3 heterocycles. The highest BCUT2D eigenvalue weighted by Gasteiger charge is 2.26. The topological polar surface area (TPSA) is 161 Å². The van der Waals surface area contributed by atoms with Crippen LogP contribution in [0.4, 0.5) is 11.6 Å². The van der Waals surface area contributed by atoms with Gasteiger partial charge in [0.2, 0.25) is 11.4 Å². The van der Waals surface area contributed by atoms with Crippen molar-refractivity contribution in [2.45, 2.75) is 38.0 Å². The summed E-state index contributed by atoms with van der Waals surface area (Å²) in [6.07, 6.45) is 7.12. The molecule has 0 spiro atoms. The molecule has 1 saturated heterocycles. The normalized spacial score (nSPS) is 16.2. The first-order valence-electron chi connectivity index (χ1n) is 13.1. The van der Waals surface area contributed by atoms with Gasteiger partial charge in [-0.05, 0) is 79.0 Å². The van der Waals surface area contributed by atoms with Gasteiger partial charge in [0.15, 0.2) is 5.65 Å². The molecule has 0 radical (unpaired) electrons. The second-order valence-electron chi connectivity index (χ2n) is 10.2. The zero-order valence-electron chi connectivity index (χ0n) is 21.6. The van der Waals surface area contributed by atoms with Crippen LogP contribution in [0.15, 0.2) is 59.7 Å². The number of nitrogens with zero attached hydrogens (tertiary/aromatic N) is 4. The summed E-state index contributed by atoms with van der Waals surface area (Å²) in [5, 5.41) is 18.2. The molecule has 1 fully saturated rings. The molecule has 0 amide bonds. The molecule has 0 unspecified atom stereocenters. The van der Waals surface area contributed by atoms with Crippen LogP contribution in [-0.2, 0) is 23.1 Å². The number of hydrogen-bond acceptors (Lipinski definition) is 7. The summed E-state index contributed by atoms with van der Waals surface area (Å²) in [5.74, 6) is -0.812. The molecule has 206 valence electrons. The number of carboxylic acids is 1. The Morgan fingerprint density at radius 1 is 1.05 bits per heavy atom. The Kier molecular flexibility index (Phi) is 6.61. The fraction of sp³-hybridized carbons (Fsp3) is 0.286. The van der Waals surface area contributed by atoms with Gasteiger partial charge in [0, 0.05) is 36.9 Å². The van der Waals surface area contributed by atoms with Crippen LogP contribution in [0, 0.1) is 0 Å². The number of benzene rings is 2. The van der Waals surface area contributed by atoms with Gasteiger partial charge in [-0.2, -0.15) is 17.7 Å². The number of anilines is 2. The van der Waals surface area contributed by atoms with Crippen LogP contribution in [0.25, 0.3) is 16.7 Å². The van der Waals surface area contributed by atoms with Crippen molar-refractivity contribution < 1.29 is 18.3 Å². The number of rotatable bonds is 6. The lowest BCUT2D eigenvalue weighted by molar-refractivity contribution is 0.0695. The lowest BCUT2D eigenvalue weighted by Gasteiger charge is -2.30. The summed E-state index contributed by atoms with van der Waals surface area (Å²) < 4.78 is 26.1. The fourth-order valence-electron chi connectivity index (χ4n) is 5.64. The van der Waals surface area contributed by atoms with Crippen LogP contribution in [0.2, 0.25) is 0 Å². The molecule has 2 aliphatic rings. The SMILES string of the molecule is NS(=O)(=O)N1CCC(c2ccc(Nc3ncc4c(=O)c(C(=O)O)cn(-c5ccc6c(c5)CCC6)c4n3)cc2)CC1. The van der Waals surface area contributed by atoms with E-state index >= 15 is 0 Å². The van der Waals surface area contributed by atoms with Gasteiger partial charge in [-0.3, -0.25) is 4.79 Å². The molecule has 12 heteroatoms. The molecule has 4 aromatic rings. The van der Waals surface area contributed by atoms with Crippen molar-refractivity contribution in [2.75, 3.05) is 18.4 Å². The number of aromatic nitrogens is 3. The number of fused-ring (bicyclic) bond motifs is 2. The predicted octanol–water partition coefficient (Wildman–Crippen LogP) is 3.09. The Labute approximate surface area is 230 Å². The van der Waals surface area contributed by atoms with Crippen molar-refractivity contribution in [1.82, 2.24) is 18.8 Å². The molecule has 2 aromatic heterocycles. The molecular formula is C28H28N6O5S. The summed E-state index contributed by atoms with van der Waals surface area (Å²) in [7, 11) is -3.66. The smallest absolute Gasteiger partial charge is 0.341 e. The molecular weight excluding hydrogens is 532 g/mol. The largest absolute Gasteiger partial charge is 0.477 e. The quantitative estimate of drug-likeness (QED) is 0.324. The van der Waals surface area contributed by atoms with Crippen LogP contribution in [0.3, 0.4) is 0 Å². The van der Waals surface area contributed by atoms with E-state index in [0.717, 1.165) is 36.2 Å². The first-order chi connectivity index (χ1) is 19.2. The Morgan fingerprint density at radius 3 is 2.48 bits per heavy atom. The van der Waals surface area contributed by atoms with Gasteiger partial charge in [0.25, 0.3) is 10.2 Å². The van der Waals surface area contributed by atoms with Crippen LogP contribution >= 0.6 is 0 Å². The zero-order chi connectivity index (χ0) is 28.0. The second-order valence-corrected chi connectivity index (χ2v) is 11.8. The Balaban J connectivity index is 1.30. The van der Waals surface area contributed by atoms with E-state index in [-0.39, 0.29) is 22.8 Å². The Morgan fingerprint density at radius 2 is 1.77 bits per heavy atom. The fourth-order valence-corrected chi connectivity index (χ4v) is 6.36. The highest BCUT2D eigenvalue weighted by molar-refractivity contribution is 7.86.